The number of aromatic carboxylic acids is 1. The maximum atomic E-state index is 13.0. The van der Waals surface area contributed by atoms with Crippen molar-refractivity contribution in [2.45, 2.75) is 11.4 Å². The number of carbonyl (C=O) groups excluding carboxylic acids is 1. The summed E-state index contributed by atoms with van der Waals surface area (Å²) in [4.78, 5) is 32.4. The monoisotopic (exact) mass is 530 g/mol. The van der Waals surface area contributed by atoms with Gasteiger partial charge in [0, 0.05) is 55.6 Å². The molecule has 0 aliphatic carbocycles. The highest BCUT2D eigenvalue weighted by Gasteiger charge is 2.23. The van der Waals surface area contributed by atoms with Crippen LogP contribution < -0.4 is 4.72 Å². The molecule has 4 aromatic rings. The fraction of sp³-hybridized carbons (Fsp3) is 0.179. The van der Waals surface area contributed by atoms with Crippen LogP contribution in [0.3, 0.4) is 0 Å². The Hall–Kier alpha value is -4.28. The molecule has 0 saturated carbocycles. The molecule has 1 saturated heterocycles. The number of rotatable bonds is 7. The molecule has 3 aromatic carbocycles. The number of hydrogen-bond acceptors (Lipinski definition) is 6. The van der Waals surface area contributed by atoms with Gasteiger partial charge in [0.1, 0.15) is 4.90 Å². The molecule has 0 unspecified atom stereocenters. The zero-order valence-corrected chi connectivity index (χ0v) is 21.3. The minimum atomic E-state index is -3.87. The summed E-state index contributed by atoms with van der Waals surface area (Å²) in [5.74, 6) is -1.06. The SMILES string of the molecule is O=C(O)c1ccc(CN2CCN(C(=O)c3ccc(NS(=O)(=O)c4cccc5cccnc45)cc3)CC2)cc1. The number of nitrogens with one attached hydrogen (secondary N) is 1. The van der Waals surface area contributed by atoms with Crippen LogP contribution in [0.4, 0.5) is 5.69 Å². The zero-order valence-electron chi connectivity index (χ0n) is 20.4. The number of pyridine rings is 1. The van der Waals surface area contributed by atoms with E-state index in [1.807, 2.05) is 12.1 Å². The normalized spacial score (nSPS) is 14.4. The number of fused-ring (bicyclic) bond motifs is 1. The third-order valence-electron chi connectivity index (χ3n) is 6.54. The van der Waals surface area contributed by atoms with Crippen LogP contribution in [0.2, 0.25) is 0 Å². The van der Waals surface area contributed by atoms with Crippen LogP contribution >= 0.6 is 0 Å². The van der Waals surface area contributed by atoms with Crippen molar-refractivity contribution in [1.29, 1.82) is 0 Å². The molecule has 0 bridgehead atoms. The summed E-state index contributed by atoms with van der Waals surface area (Å²) < 4.78 is 28.6. The number of sulfonamides is 1. The predicted molar refractivity (Wildman–Crippen MR) is 144 cm³/mol. The number of piperazine rings is 1. The largest absolute Gasteiger partial charge is 0.478 e. The summed E-state index contributed by atoms with van der Waals surface area (Å²) in [6, 6.07) is 21.8. The second-order valence-corrected chi connectivity index (χ2v) is 10.7. The van der Waals surface area contributed by atoms with E-state index in [-0.39, 0.29) is 16.4 Å². The fourth-order valence-electron chi connectivity index (χ4n) is 4.49. The van der Waals surface area contributed by atoms with E-state index in [2.05, 4.69) is 14.6 Å². The Kier molecular flexibility index (Phi) is 7.08. The average molecular weight is 531 g/mol. The van der Waals surface area contributed by atoms with Gasteiger partial charge in [-0.25, -0.2) is 13.2 Å². The van der Waals surface area contributed by atoms with Crippen LogP contribution in [-0.4, -0.2) is 66.4 Å². The maximum Gasteiger partial charge on any atom is 0.335 e. The van der Waals surface area contributed by atoms with Crippen molar-refractivity contribution >= 4 is 38.5 Å². The Morgan fingerprint density at radius 1 is 0.842 bits per heavy atom. The van der Waals surface area contributed by atoms with Gasteiger partial charge in [0.2, 0.25) is 0 Å². The van der Waals surface area contributed by atoms with Crippen LogP contribution in [0.1, 0.15) is 26.3 Å². The standard InChI is InChI=1S/C28H26N4O5S/c33-27(32-17-15-31(16-18-32)19-20-6-8-23(9-7-20)28(34)35)22-10-12-24(13-11-22)30-38(36,37)25-5-1-3-21-4-2-14-29-26(21)25/h1-14,30H,15-19H2,(H,34,35). The Morgan fingerprint density at radius 3 is 2.18 bits per heavy atom. The summed E-state index contributed by atoms with van der Waals surface area (Å²) in [6.07, 6.45) is 1.56. The highest BCUT2D eigenvalue weighted by molar-refractivity contribution is 7.93. The van der Waals surface area contributed by atoms with Gasteiger partial charge in [0.15, 0.2) is 0 Å². The molecule has 194 valence electrons. The van der Waals surface area contributed by atoms with E-state index in [9.17, 15) is 18.0 Å². The highest BCUT2D eigenvalue weighted by Crippen LogP contribution is 2.24. The van der Waals surface area contributed by atoms with Crippen molar-refractivity contribution in [3.05, 3.63) is 102 Å². The number of carboxylic acids is 1. The van der Waals surface area contributed by atoms with Gasteiger partial charge in [-0.2, -0.15) is 0 Å². The minimum absolute atomic E-state index is 0.0893. The summed E-state index contributed by atoms with van der Waals surface area (Å²) >= 11 is 0. The Balaban J connectivity index is 1.19. The van der Waals surface area contributed by atoms with Crippen molar-refractivity contribution < 1.29 is 23.1 Å². The molecule has 1 aromatic heterocycles. The molecular weight excluding hydrogens is 504 g/mol. The van der Waals surface area contributed by atoms with Crippen molar-refractivity contribution in [3.63, 3.8) is 0 Å². The second-order valence-electron chi connectivity index (χ2n) is 9.08. The lowest BCUT2D eigenvalue weighted by molar-refractivity contribution is 0.0628. The van der Waals surface area contributed by atoms with E-state index in [1.54, 1.807) is 71.8 Å². The maximum absolute atomic E-state index is 13.0. The molecule has 0 spiro atoms. The van der Waals surface area contributed by atoms with Gasteiger partial charge in [0.25, 0.3) is 15.9 Å². The fourth-order valence-corrected chi connectivity index (χ4v) is 5.73. The van der Waals surface area contributed by atoms with Crippen molar-refractivity contribution in [2.75, 3.05) is 30.9 Å². The van der Waals surface area contributed by atoms with Crippen molar-refractivity contribution in [1.82, 2.24) is 14.8 Å². The third kappa shape index (κ3) is 5.51. The molecule has 2 heterocycles. The van der Waals surface area contributed by atoms with E-state index >= 15 is 0 Å². The number of carbonyl (C=O) groups is 2. The molecule has 0 atom stereocenters. The Morgan fingerprint density at radius 2 is 1.50 bits per heavy atom. The number of anilines is 1. The number of nitrogens with zero attached hydrogens (tertiary/aromatic N) is 3. The van der Waals surface area contributed by atoms with Crippen molar-refractivity contribution in [2.24, 2.45) is 0 Å². The van der Waals surface area contributed by atoms with Gasteiger partial charge in [-0.05, 0) is 54.1 Å². The van der Waals surface area contributed by atoms with Gasteiger partial charge in [-0.3, -0.25) is 19.4 Å². The number of benzene rings is 3. The van der Waals surface area contributed by atoms with Crippen LogP contribution in [-0.2, 0) is 16.6 Å². The quantitative estimate of drug-likeness (QED) is 0.374. The molecular formula is C28H26N4O5S. The second kappa shape index (κ2) is 10.6. The van der Waals surface area contributed by atoms with Crippen LogP contribution in [0.25, 0.3) is 10.9 Å². The molecule has 1 fully saturated rings. The van der Waals surface area contributed by atoms with Gasteiger partial charge < -0.3 is 10.0 Å². The molecule has 2 N–H and O–H groups in total. The number of carboxylic acid groups (broad SMARTS) is 1. The van der Waals surface area contributed by atoms with Gasteiger partial charge in [-0.1, -0.05) is 30.3 Å². The summed E-state index contributed by atoms with van der Waals surface area (Å²) in [6.45, 7) is 3.21. The average Bonchev–Trinajstić information content (AvgIpc) is 2.93. The van der Waals surface area contributed by atoms with E-state index in [0.717, 1.165) is 10.9 Å². The minimum Gasteiger partial charge on any atom is -0.478 e. The number of hydrogen-bond donors (Lipinski definition) is 2. The number of para-hydroxylation sites is 1. The van der Waals surface area contributed by atoms with Gasteiger partial charge in [-0.15, -0.1) is 0 Å². The first-order valence-electron chi connectivity index (χ1n) is 12.1. The molecule has 10 heteroatoms. The van der Waals surface area contributed by atoms with Gasteiger partial charge >= 0.3 is 5.97 Å². The van der Waals surface area contributed by atoms with E-state index in [0.29, 0.717) is 49.5 Å². The van der Waals surface area contributed by atoms with Crippen LogP contribution in [0.15, 0.2) is 90.0 Å². The highest BCUT2D eigenvalue weighted by atomic mass is 32.2. The molecule has 5 rings (SSSR count). The molecule has 9 nitrogen and oxygen atoms in total. The molecule has 0 radical (unpaired) electrons. The zero-order chi connectivity index (χ0) is 26.7. The van der Waals surface area contributed by atoms with Crippen LogP contribution in [0.5, 0.6) is 0 Å². The topological polar surface area (TPSA) is 120 Å². The van der Waals surface area contributed by atoms with Crippen LogP contribution in [0, 0.1) is 0 Å². The molecule has 1 amide bonds. The van der Waals surface area contributed by atoms with E-state index < -0.39 is 16.0 Å². The third-order valence-corrected chi connectivity index (χ3v) is 7.95. The van der Waals surface area contributed by atoms with E-state index in [4.69, 9.17) is 5.11 Å². The first kappa shape index (κ1) is 25.4. The summed E-state index contributed by atoms with van der Waals surface area (Å²) in [7, 11) is -3.87. The van der Waals surface area contributed by atoms with Gasteiger partial charge in [0.05, 0.1) is 11.1 Å². The first-order chi connectivity index (χ1) is 18.3. The van der Waals surface area contributed by atoms with E-state index in [1.165, 1.54) is 6.07 Å². The summed E-state index contributed by atoms with van der Waals surface area (Å²) in [5, 5.41) is 9.77. The Bertz CT molecular complexity index is 1570. The molecule has 38 heavy (non-hydrogen) atoms. The molecule has 1 aliphatic rings. The lowest BCUT2D eigenvalue weighted by atomic mass is 10.1. The summed E-state index contributed by atoms with van der Waals surface area (Å²) in [5.41, 5.74) is 2.51. The number of aromatic nitrogens is 1. The molecule has 1 aliphatic heterocycles. The first-order valence-corrected chi connectivity index (χ1v) is 13.6. The smallest absolute Gasteiger partial charge is 0.335 e. The number of amides is 1. The predicted octanol–water partition coefficient (Wildman–Crippen LogP) is 3.69. The lowest BCUT2D eigenvalue weighted by Gasteiger charge is -2.34. The lowest BCUT2D eigenvalue weighted by Crippen LogP contribution is -2.48. The van der Waals surface area contributed by atoms with Crippen molar-refractivity contribution in [3.8, 4) is 0 Å². The Labute approximate surface area is 220 Å².